The van der Waals surface area contributed by atoms with Crippen molar-refractivity contribution in [3.05, 3.63) is 98.1 Å². The van der Waals surface area contributed by atoms with Crippen LogP contribution in [-0.4, -0.2) is 19.3 Å². The Morgan fingerprint density at radius 1 is 0.931 bits per heavy atom. The normalized spacial score (nSPS) is 11.0. The van der Waals surface area contributed by atoms with Crippen LogP contribution in [-0.2, 0) is 6.54 Å². The van der Waals surface area contributed by atoms with E-state index in [1.807, 2.05) is 63.2 Å². The van der Waals surface area contributed by atoms with Crippen molar-refractivity contribution in [3.63, 3.8) is 0 Å². The molecule has 2 aromatic carbocycles. The third kappa shape index (κ3) is 3.54. The van der Waals surface area contributed by atoms with Gasteiger partial charge in [-0.1, -0.05) is 41.6 Å². The van der Waals surface area contributed by atoms with E-state index in [1.54, 1.807) is 12.4 Å². The molecule has 0 spiro atoms. The minimum atomic E-state index is -0.649. The van der Waals surface area contributed by atoms with Gasteiger partial charge >= 0.3 is 11.1 Å². The molecule has 0 amide bonds. The van der Waals surface area contributed by atoms with Crippen molar-refractivity contribution in [1.29, 1.82) is 0 Å². The van der Waals surface area contributed by atoms with Crippen LogP contribution in [0.3, 0.4) is 0 Å². The molecule has 4 rings (SSSR count). The van der Waals surface area contributed by atoms with Crippen LogP contribution >= 0.6 is 0 Å². The number of hydrogen-bond donors (Lipinski definition) is 0. The van der Waals surface area contributed by atoms with Gasteiger partial charge in [-0.05, 0) is 43.5 Å². The van der Waals surface area contributed by atoms with E-state index in [2.05, 4.69) is 10.1 Å². The molecule has 4 aromatic rings. The summed E-state index contributed by atoms with van der Waals surface area (Å²) in [5.74, 6) is 0.712. The molecule has 7 nitrogen and oxygen atoms in total. The molecule has 0 fully saturated rings. The number of hydrogen-bond acceptors (Lipinski definition) is 5. The van der Waals surface area contributed by atoms with E-state index in [-0.39, 0.29) is 12.4 Å². The SMILES string of the molecule is Cc1ccc(C)c(-n2ccn(Cc3nc(-c4ccccc4C)no3)c(=O)c2=O)c1. The summed E-state index contributed by atoms with van der Waals surface area (Å²) in [6, 6.07) is 13.5. The average molecular weight is 388 g/mol. The molecule has 0 saturated heterocycles. The monoisotopic (exact) mass is 388 g/mol. The van der Waals surface area contributed by atoms with Crippen molar-refractivity contribution in [2.45, 2.75) is 27.3 Å². The molecule has 2 aromatic heterocycles. The van der Waals surface area contributed by atoms with E-state index in [4.69, 9.17) is 4.52 Å². The summed E-state index contributed by atoms with van der Waals surface area (Å²) in [5, 5.41) is 4.00. The summed E-state index contributed by atoms with van der Waals surface area (Å²) in [5.41, 5.74) is 3.22. The highest BCUT2D eigenvalue weighted by Crippen LogP contribution is 2.20. The molecule has 0 unspecified atom stereocenters. The number of aryl methyl sites for hydroxylation is 3. The van der Waals surface area contributed by atoms with Crippen LogP contribution in [0.1, 0.15) is 22.6 Å². The summed E-state index contributed by atoms with van der Waals surface area (Å²) < 4.78 is 7.94. The fraction of sp³-hybridized carbons (Fsp3) is 0.182. The van der Waals surface area contributed by atoms with Crippen molar-refractivity contribution in [1.82, 2.24) is 19.3 Å². The quantitative estimate of drug-likeness (QED) is 0.502. The zero-order valence-electron chi connectivity index (χ0n) is 16.4. The lowest BCUT2D eigenvalue weighted by atomic mass is 10.1. The lowest BCUT2D eigenvalue weighted by Crippen LogP contribution is -2.40. The highest BCUT2D eigenvalue weighted by atomic mass is 16.5. The summed E-state index contributed by atoms with van der Waals surface area (Å²) in [4.78, 5) is 29.7. The van der Waals surface area contributed by atoms with Crippen LogP contribution in [0.4, 0.5) is 0 Å². The lowest BCUT2D eigenvalue weighted by Gasteiger charge is -2.11. The van der Waals surface area contributed by atoms with Crippen molar-refractivity contribution >= 4 is 0 Å². The highest BCUT2D eigenvalue weighted by molar-refractivity contribution is 5.58. The summed E-state index contributed by atoms with van der Waals surface area (Å²) >= 11 is 0. The van der Waals surface area contributed by atoms with E-state index in [9.17, 15) is 9.59 Å². The zero-order valence-corrected chi connectivity index (χ0v) is 16.4. The summed E-state index contributed by atoms with van der Waals surface area (Å²) in [6.45, 7) is 5.83. The maximum Gasteiger partial charge on any atom is 0.320 e. The van der Waals surface area contributed by atoms with E-state index < -0.39 is 11.1 Å². The molecule has 0 aliphatic rings. The molecule has 0 atom stereocenters. The largest absolute Gasteiger partial charge is 0.337 e. The first-order valence-electron chi connectivity index (χ1n) is 9.22. The molecule has 0 aliphatic carbocycles. The first kappa shape index (κ1) is 18.6. The molecule has 0 radical (unpaired) electrons. The molecule has 0 saturated carbocycles. The van der Waals surface area contributed by atoms with Crippen molar-refractivity contribution in [3.8, 4) is 17.1 Å². The first-order valence-corrected chi connectivity index (χ1v) is 9.22. The minimum absolute atomic E-state index is 0.0284. The van der Waals surface area contributed by atoms with Crippen LogP contribution in [0, 0.1) is 20.8 Å². The second-order valence-electron chi connectivity index (χ2n) is 7.02. The number of nitrogens with zero attached hydrogens (tertiary/aromatic N) is 4. The lowest BCUT2D eigenvalue weighted by molar-refractivity contribution is 0.369. The van der Waals surface area contributed by atoms with Crippen LogP contribution < -0.4 is 11.1 Å². The Bertz CT molecular complexity index is 1310. The Morgan fingerprint density at radius 2 is 1.72 bits per heavy atom. The third-order valence-electron chi connectivity index (χ3n) is 4.84. The Labute approximate surface area is 166 Å². The molecule has 0 aliphatic heterocycles. The second-order valence-corrected chi connectivity index (χ2v) is 7.02. The predicted octanol–water partition coefficient (Wildman–Crippen LogP) is 3.02. The van der Waals surface area contributed by atoms with Gasteiger partial charge in [0.1, 0.15) is 6.54 Å². The van der Waals surface area contributed by atoms with Gasteiger partial charge in [0.2, 0.25) is 11.7 Å². The Kier molecular flexibility index (Phi) is 4.72. The minimum Gasteiger partial charge on any atom is -0.337 e. The van der Waals surface area contributed by atoms with Gasteiger partial charge in [-0.2, -0.15) is 4.98 Å². The number of rotatable bonds is 4. The summed E-state index contributed by atoms with van der Waals surface area (Å²) in [6.07, 6.45) is 3.15. The zero-order chi connectivity index (χ0) is 20.5. The Hall–Kier alpha value is -3.74. The Balaban J connectivity index is 1.67. The van der Waals surface area contributed by atoms with Gasteiger partial charge in [-0.15, -0.1) is 0 Å². The van der Waals surface area contributed by atoms with Gasteiger partial charge in [0.15, 0.2) is 0 Å². The fourth-order valence-corrected chi connectivity index (χ4v) is 3.20. The standard InChI is InChI=1S/C22H20N4O3/c1-14-8-9-16(3)18(12-14)26-11-10-25(21(27)22(26)28)13-19-23-20(24-29-19)17-7-5-4-6-15(17)2/h4-12H,13H2,1-3H3. The molecule has 0 N–H and O–H groups in total. The summed E-state index contributed by atoms with van der Waals surface area (Å²) in [7, 11) is 0. The van der Waals surface area contributed by atoms with Gasteiger partial charge < -0.3 is 4.52 Å². The first-order chi connectivity index (χ1) is 13.9. The van der Waals surface area contributed by atoms with Gasteiger partial charge in [-0.25, -0.2) is 0 Å². The second kappa shape index (κ2) is 7.35. The maximum atomic E-state index is 12.7. The maximum absolute atomic E-state index is 12.7. The number of aromatic nitrogens is 4. The smallest absolute Gasteiger partial charge is 0.320 e. The molecular weight excluding hydrogens is 368 g/mol. The topological polar surface area (TPSA) is 82.9 Å². The van der Waals surface area contributed by atoms with Gasteiger partial charge in [0.25, 0.3) is 0 Å². The van der Waals surface area contributed by atoms with Crippen molar-refractivity contribution < 1.29 is 4.52 Å². The van der Waals surface area contributed by atoms with E-state index in [0.717, 1.165) is 22.3 Å². The predicted molar refractivity (Wildman–Crippen MR) is 109 cm³/mol. The van der Waals surface area contributed by atoms with E-state index in [0.29, 0.717) is 11.5 Å². The van der Waals surface area contributed by atoms with Crippen LogP contribution in [0.2, 0.25) is 0 Å². The van der Waals surface area contributed by atoms with Gasteiger partial charge in [-0.3, -0.25) is 18.7 Å². The molecule has 29 heavy (non-hydrogen) atoms. The van der Waals surface area contributed by atoms with Crippen molar-refractivity contribution in [2.24, 2.45) is 0 Å². The molecule has 146 valence electrons. The van der Waals surface area contributed by atoms with Gasteiger partial charge in [0, 0.05) is 18.0 Å². The molecular formula is C22H20N4O3. The van der Waals surface area contributed by atoms with Crippen LogP contribution in [0.25, 0.3) is 17.1 Å². The Morgan fingerprint density at radius 3 is 2.52 bits per heavy atom. The fourth-order valence-electron chi connectivity index (χ4n) is 3.20. The van der Waals surface area contributed by atoms with E-state index in [1.165, 1.54) is 9.13 Å². The highest BCUT2D eigenvalue weighted by Gasteiger charge is 2.14. The van der Waals surface area contributed by atoms with Crippen molar-refractivity contribution in [2.75, 3.05) is 0 Å². The van der Waals surface area contributed by atoms with Crippen LogP contribution in [0.5, 0.6) is 0 Å². The molecule has 2 heterocycles. The third-order valence-corrected chi connectivity index (χ3v) is 4.84. The average Bonchev–Trinajstić information content (AvgIpc) is 3.16. The van der Waals surface area contributed by atoms with Crippen LogP contribution in [0.15, 0.2) is 69.0 Å². The molecule has 7 heteroatoms. The van der Waals surface area contributed by atoms with E-state index >= 15 is 0 Å². The number of benzene rings is 2. The van der Waals surface area contributed by atoms with Gasteiger partial charge in [0.05, 0.1) is 5.69 Å². The molecule has 0 bridgehead atoms.